The Morgan fingerprint density at radius 2 is 1.14 bits per heavy atom. The summed E-state index contributed by atoms with van der Waals surface area (Å²) in [6, 6.07) is 19.6. The third-order valence-corrected chi connectivity index (χ3v) is 5.15. The maximum atomic E-state index is 13.4. The fourth-order valence-electron chi connectivity index (χ4n) is 2.99. The lowest BCUT2D eigenvalue weighted by atomic mass is 9.96. The number of benzene rings is 3. The molecular formula is C23H13Cl2F2N. The topological polar surface area (TPSA) is 12.9 Å². The molecule has 0 bridgehead atoms. The number of aromatic nitrogens is 1. The van der Waals surface area contributed by atoms with Crippen molar-refractivity contribution in [3.8, 4) is 33.5 Å². The summed E-state index contributed by atoms with van der Waals surface area (Å²) in [6.45, 7) is 0. The molecule has 1 heterocycles. The van der Waals surface area contributed by atoms with Crippen molar-refractivity contribution >= 4 is 23.2 Å². The van der Waals surface area contributed by atoms with Crippen LogP contribution in [0.3, 0.4) is 0 Å². The second-order valence-corrected chi connectivity index (χ2v) is 7.08. The second-order valence-electron chi connectivity index (χ2n) is 6.26. The average Bonchev–Trinajstić information content (AvgIpc) is 2.71. The Balaban J connectivity index is 1.91. The first-order chi connectivity index (χ1) is 13.5. The van der Waals surface area contributed by atoms with Gasteiger partial charge in [0.25, 0.3) is 0 Å². The van der Waals surface area contributed by atoms with Gasteiger partial charge in [-0.1, -0.05) is 53.5 Å². The van der Waals surface area contributed by atoms with Crippen LogP contribution in [0.15, 0.2) is 79.0 Å². The zero-order valence-electron chi connectivity index (χ0n) is 14.5. The summed E-state index contributed by atoms with van der Waals surface area (Å²) in [5, 5.41) is 0.880. The molecule has 4 aromatic rings. The summed E-state index contributed by atoms with van der Waals surface area (Å²) in [4.78, 5) is 4.63. The Hall–Kier alpha value is -2.75. The second kappa shape index (κ2) is 7.70. The minimum atomic E-state index is -0.317. The molecule has 0 spiro atoms. The number of hydrogen-bond acceptors (Lipinski definition) is 1. The van der Waals surface area contributed by atoms with Crippen molar-refractivity contribution in [3.63, 3.8) is 0 Å². The van der Waals surface area contributed by atoms with Gasteiger partial charge in [-0.25, -0.2) is 8.78 Å². The third kappa shape index (κ3) is 3.77. The van der Waals surface area contributed by atoms with Crippen molar-refractivity contribution in [2.75, 3.05) is 0 Å². The minimum Gasteiger partial charge on any atom is -0.255 e. The van der Waals surface area contributed by atoms with Crippen molar-refractivity contribution in [1.82, 2.24) is 4.98 Å². The molecule has 0 saturated carbocycles. The van der Waals surface area contributed by atoms with Crippen molar-refractivity contribution in [2.45, 2.75) is 0 Å². The molecule has 1 nitrogen and oxygen atoms in total. The van der Waals surface area contributed by atoms with Crippen LogP contribution in [-0.4, -0.2) is 4.98 Å². The van der Waals surface area contributed by atoms with Gasteiger partial charge in [-0.05, 0) is 53.6 Å². The summed E-state index contributed by atoms with van der Waals surface area (Å²) in [7, 11) is 0. The van der Waals surface area contributed by atoms with E-state index in [9.17, 15) is 8.78 Å². The summed E-state index contributed by atoms with van der Waals surface area (Å²) < 4.78 is 26.7. The standard InChI is InChI=1S/C23H13Cl2F2N/c24-21-10-5-16(12-22(21)25)23-20(15-3-8-19(27)9-4-15)11-17(13-28-23)14-1-6-18(26)7-2-14/h1-13H. The van der Waals surface area contributed by atoms with Crippen LogP contribution >= 0.6 is 23.2 Å². The highest BCUT2D eigenvalue weighted by Gasteiger charge is 2.13. The molecule has 0 amide bonds. The van der Waals surface area contributed by atoms with E-state index in [0.29, 0.717) is 15.7 Å². The minimum absolute atomic E-state index is 0.303. The van der Waals surface area contributed by atoms with Gasteiger partial charge >= 0.3 is 0 Å². The molecule has 0 aliphatic rings. The molecule has 1 aromatic heterocycles. The van der Waals surface area contributed by atoms with Crippen LogP contribution in [0.1, 0.15) is 0 Å². The van der Waals surface area contributed by atoms with Crippen LogP contribution in [0, 0.1) is 11.6 Å². The maximum absolute atomic E-state index is 13.4. The van der Waals surface area contributed by atoms with Crippen LogP contribution in [0.4, 0.5) is 8.78 Å². The largest absolute Gasteiger partial charge is 0.255 e. The normalized spacial score (nSPS) is 10.9. The molecule has 3 aromatic carbocycles. The summed E-state index contributed by atoms with van der Waals surface area (Å²) in [5.74, 6) is -0.620. The van der Waals surface area contributed by atoms with E-state index in [1.165, 1.54) is 24.3 Å². The van der Waals surface area contributed by atoms with E-state index in [0.717, 1.165) is 27.8 Å². The van der Waals surface area contributed by atoms with Gasteiger partial charge in [0.2, 0.25) is 0 Å². The van der Waals surface area contributed by atoms with Crippen molar-refractivity contribution < 1.29 is 8.78 Å². The van der Waals surface area contributed by atoms with Crippen LogP contribution in [0.5, 0.6) is 0 Å². The van der Waals surface area contributed by atoms with Gasteiger partial charge in [0.15, 0.2) is 0 Å². The smallest absolute Gasteiger partial charge is 0.123 e. The Labute approximate surface area is 171 Å². The molecule has 0 atom stereocenters. The Morgan fingerprint density at radius 3 is 1.75 bits per heavy atom. The Morgan fingerprint density at radius 1 is 0.571 bits per heavy atom. The summed E-state index contributed by atoms with van der Waals surface area (Å²) >= 11 is 12.2. The zero-order valence-corrected chi connectivity index (χ0v) is 16.0. The van der Waals surface area contributed by atoms with E-state index in [1.54, 1.807) is 42.6 Å². The molecule has 0 N–H and O–H groups in total. The predicted octanol–water partition coefficient (Wildman–Crippen LogP) is 7.67. The van der Waals surface area contributed by atoms with E-state index in [4.69, 9.17) is 23.2 Å². The first kappa shape index (κ1) is 18.6. The summed E-state index contributed by atoms with van der Waals surface area (Å²) in [6.07, 6.45) is 1.72. The van der Waals surface area contributed by atoms with E-state index in [-0.39, 0.29) is 11.6 Å². The van der Waals surface area contributed by atoms with Gasteiger partial charge < -0.3 is 0 Å². The molecule has 0 radical (unpaired) electrons. The number of nitrogens with zero attached hydrogens (tertiary/aromatic N) is 1. The lowest BCUT2D eigenvalue weighted by Crippen LogP contribution is -1.92. The fraction of sp³-hybridized carbons (Fsp3) is 0. The SMILES string of the molecule is Fc1ccc(-c2cnc(-c3ccc(Cl)c(Cl)c3)c(-c3ccc(F)cc3)c2)cc1. The number of hydrogen-bond donors (Lipinski definition) is 0. The fourth-order valence-corrected chi connectivity index (χ4v) is 3.29. The highest BCUT2D eigenvalue weighted by atomic mass is 35.5. The van der Waals surface area contributed by atoms with E-state index >= 15 is 0 Å². The molecule has 28 heavy (non-hydrogen) atoms. The van der Waals surface area contributed by atoms with Crippen LogP contribution in [-0.2, 0) is 0 Å². The summed E-state index contributed by atoms with van der Waals surface area (Å²) in [5.41, 5.74) is 4.75. The number of rotatable bonds is 3. The molecule has 0 aliphatic heterocycles. The van der Waals surface area contributed by atoms with Crippen LogP contribution in [0.25, 0.3) is 33.5 Å². The van der Waals surface area contributed by atoms with Crippen LogP contribution in [0.2, 0.25) is 10.0 Å². The molecular weight excluding hydrogens is 399 g/mol. The van der Waals surface area contributed by atoms with E-state index in [2.05, 4.69) is 4.98 Å². The third-order valence-electron chi connectivity index (χ3n) is 4.41. The first-order valence-electron chi connectivity index (χ1n) is 8.48. The first-order valence-corrected chi connectivity index (χ1v) is 9.24. The molecule has 0 aliphatic carbocycles. The van der Waals surface area contributed by atoms with Crippen molar-refractivity contribution in [1.29, 1.82) is 0 Å². The van der Waals surface area contributed by atoms with Gasteiger partial charge in [0, 0.05) is 22.9 Å². The molecule has 138 valence electrons. The lowest BCUT2D eigenvalue weighted by Gasteiger charge is -2.13. The molecule has 4 rings (SSSR count). The van der Waals surface area contributed by atoms with Gasteiger partial charge in [-0.3, -0.25) is 4.98 Å². The highest BCUT2D eigenvalue weighted by molar-refractivity contribution is 6.42. The number of pyridine rings is 1. The zero-order chi connectivity index (χ0) is 19.7. The maximum Gasteiger partial charge on any atom is 0.123 e. The molecule has 0 fully saturated rings. The Kier molecular flexibility index (Phi) is 5.12. The number of halogens is 4. The molecule has 5 heteroatoms. The predicted molar refractivity (Wildman–Crippen MR) is 110 cm³/mol. The van der Waals surface area contributed by atoms with Crippen LogP contribution < -0.4 is 0 Å². The Bertz CT molecular complexity index is 1140. The van der Waals surface area contributed by atoms with Crippen molar-refractivity contribution in [2.24, 2.45) is 0 Å². The van der Waals surface area contributed by atoms with Gasteiger partial charge in [-0.2, -0.15) is 0 Å². The van der Waals surface area contributed by atoms with E-state index < -0.39 is 0 Å². The molecule has 0 unspecified atom stereocenters. The van der Waals surface area contributed by atoms with Crippen molar-refractivity contribution in [3.05, 3.63) is 101 Å². The average molecular weight is 412 g/mol. The quantitative estimate of drug-likeness (QED) is 0.337. The van der Waals surface area contributed by atoms with Gasteiger partial charge in [-0.15, -0.1) is 0 Å². The monoisotopic (exact) mass is 411 g/mol. The lowest BCUT2D eigenvalue weighted by molar-refractivity contribution is 0.627. The molecule has 0 saturated heterocycles. The van der Waals surface area contributed by atoms with Gasteiger partial charge in [0.05, 0.1) is 15.7 Å². The highest BCUT2D eigenvalue weighted by Crippen LogP contribution is 2.36. The van der Waals surface area contributed by atoms with E-state index in [1.807, 2.05) is 12.1 Å². The van der Waals surface area contributed by atoms with Gasteiger partial charge in [0.1, 0.15) is 11.6 Å².